The molecule has 1 amide bonds. The highest BCUT2D eigenvalue weighted by atomic mass is 19.1. The number of anilines is 1. The highest BCUT2D eigenvalue weighted by molar-refractivity contribution is 6.02. The van der Waals surface area contributed by atoms with Crippen LogP contribution in [0.4, 0.5) is 10.1 Å². The van der Waals surface area contributed by atoms with Crippen molar-refractivity contribution in [1.29, 1.82) is 0 Å². The maximum Gasteiger partial charge on any atom is 0.340 e. The molecule has 1 rings (SSSR count). The molecule has 1 unspecified atom stereocenters. The summed E-state index contributed by atoms with van der Waals surface area (Å²) in [6.45, 7) is 5.08. The number of ether oxygens (including phenoxy) is 1. The van der Waals surface area contributed by atoms with E-state index in [4.69, 9.17) is 4.74 Å². The number of carbonyl (C=O) groups excluding carboxylic acids is 2. The average Bonchev–Trinajstić information content (AvgIpc) is 2.38. The van der Waals surface area contributed by atoms with Crippen LogP contribution in [-0.2, 0) is 9.53 Å². The topological polar surface area (TPSA) is 55.4 Å². The summed E-state index contributed by atoms with van der Waals surface area (Å²) >= 11 is 0. The number of halogens is 1. The van der Waals surface area contributed by atoms with Gasteiger partial charge in [-0.15, -0.1) is 0 Å². The van der Waals surface area contributed by atoms with Gasteiger partial charge in [0.1, 0.15) is 0 Å². The summed E-state index contributed by atoms with van der Waals surface area (Å²) in [5.74, 6) is -1.44. The van der Waals surface area contributed by atoms with Crippen molar-refractivity contribution in [3.63, 3.8) is 0 Å². The van der Waals surface area contributed by atoms with E-state index in [2.05, 4.69) is 11.9 Å². The van der Waals surface area contributed by atoms with Crippen LogP contribution in [0.1, 0.15) is 17.3 Å². The quantitative estimate of drug-likeness (QED) is 0.645. The van der Waals surface area contributed by atoms with Gasteiger partial charge in [-0.3, -0.25) is 4.79 Å². The van der Waals surface area contributed by atoms with Gasteiger partial charge in [0.25, 0.3) is 5.91 Å². The maximum absolute atomic E-state index is 13.0. The second kappa shape index (κ2) is 6.54. The SMILES string of the molecule is C=CC(F)C(=O)Nc1ccccc1C(=O)OCC. The normalized spacial score (nSPS) is 11.4. The number of hydrogen-bond acceptors (Lipinski definition) is 3. The monoisotopic (exact) mass is 251 g/mol. The zero-order chi connectivity index (χ0) is 13.5. The molecule has 96 valence electrons. The van der Waals surface area contributed by atoms with Crippen molar-refractivity contribution in [3.8, 4) is 0 Å². The van der Waals surface area contributed by atoms with Crippen LogP contribution in [0.5, 0.6) is 0 Å². The molecule has 1 aromatic carbocycles. The van der Waals surface area contributed by atoms with Crippen molar-refractivity contribution in [3.05, 3.63) is 42.5 Å². The van der Waals surface area contributed by atoms with E-state index >= 15 is 0 Å². The number of rotatable bonds is 5. The summed E-state index contributed by atoms with van der Waals surface area (Å²) < 4.78 is 17.9. The fourth-order valence-corrected chi connectivity index (χ4v) is 1.29. The third-order valence-corrected chi connectivity index (χ3v) is 2.14. The number of alkyl halides is 1. The molecule has 0 saturated carbocycles. The Morgan fingerprint density at radius 3 is 2.78 bits per heavy atom. The first-order valence-corrected chi connectivity index (χ1v) is 5.43. The van der Waals surface area contributed by atoms with Gasteiger partial charge in [0, 0.05) is 0 Å². The van der Waals surface area contributed by atoms with Gasteiger partial charge in [-0.05, 0) is 25.1 Å². The van der Waals surface area contributed by atoms with E-state index in [0.717, 1.165) is 6.08 Å². The molecule has 18 heavy (non-hydrogen) atoms. The standard InChI is InChI=1S/C13H14FNO3/c1-3-10(14)12(16)15-11-8-6-5-7-9(11)13(17)18-4-2/h3,5-8,10H,1,4H2,2H3,(H,15,16). The van der Waals surface area contributed by atoms with E-state index in [9.17, 15) is 14.0 Å². The lowest BCUT2D eigenvalue weighted by molar-refractivity contribution is -0.119. The van der Waals surface area contributed by atoms with Crippen LogP contribution >= 0.6 is 0 Å². The Morgan fingerprint density at radius 1 is 1.50 bits per heavy atom. The fourth-order valence-electron chi connectivity index (χ4n) is 1.29. The lowest BCUT2D eigenvalue weighted by atomic mass is 10.1. The smallest absolute Gasteiger partial charge is 0.340 e. The van der Waals surface area contributed by atoms with E-state index in [1.807, 2.05) is 0 Å². The summed E-state index contributed by atoms with van der Waals surface area (Å²) in [5.41, 5.74) is 0.398. The van der Waals surface area contributed by atoms with Crippen molar-refractivity contribution >= 4 is 17.6 Å². The highest BCUT2D eigenvalue weighted by Crippen LogP contribution is 2.16. The van der Waals surface area contributed by atoms with E-state index in [0.29, 0.717) is 0 Å². The molecule has 4 nitrogen and oxygen atoms in total. The predicted octanol–water partition coefficient (Wildman–Crippen LogP) is 2.33. The van der Waals surface area contributed by atoms with Crippen molar-refractivity contribution in [2.45, 2.75) is 13.1 Å². The first-order chi connectivity index (χ1) is 8.60. The predicted molar refractivity (Wildman–Crippen MR) is 66.1 cm³/mol. The molecule has 0 spiro atoms. The zero-order valence-electron chi connectivity index (χ0n) is 9.98. The van der Waals surface area contributed by atoms with Gasteiger partial charge in [0.2, 0.25) is 0 Å². The lowest BCUT2D eigenvalue weighted by Crippen LogP contribution is -2.23. The zero-order valence-corrected chi connectivity index (χ0v) is 9.98. The number of amides is 1. The Kier molecular flexibility index (Phi) is 5.05. The average molecular weight is 251 g/mol. The maximum atomic E-state index is 13.0. The third kappa shape index (κ3) is 3.41. The molecule has 1 aromatic rings. The Labute approximate surface area is 104 Å². The van der Waals surface area contributed by atoms with E-state index in [1.54, 1.807) is 19.1 Å². The number of benzene rings is 1. The minimum Gasteiger partial charge on any atom is -0.462 e. The molecule has 1 atom stereocenters. The Bertz CT molecular complexity index is 459. The van der Waals surface area contributed by atoms with Gasteiger partial charge >= 0.3 is 5.97 Å². The molecule has 0 bridgehead atoms. The van der Waals surface area contributed by atoms with Crippen LogP contribution in [0, 0.1) is 0 Å². The second-order valence-electron chi connectivity index (χ2n) is 3.39. The van der Waals surface area contributed by atoms with E-state index in [-0.39, 0.29) is 17.9 Å². The molecular weight excluding hydrogens is 237 g/mol. The first-order valence-electron chi connectivity index (χ1n) is 5.43. The van der Waals surface area contributed by atoms with Gasteiger partial charge in [0.15, 0.2) is 6.17 Å². The minimum absolute atomic E-state index is 0.184. The molecule has 0 aliphatic rings. The molecule has 0 heterocycles. The molecule has 0 aromatic heterocycles. The van der Waals surface area contributed by atoms with E-state index < -0.39 is 18.0 Å². The highest BCUT2D eigenvalue weighted by Gasteiger charge is 2.17. The van der Waals surface area contributed by atoms with Crippen molar-refractivity contribution in [2.24, 2.45) is 0 Å². The summed E-state index contributed by atoms with van der Waals surface area (Å²) in [4.78, 5) is 23.0. The first kappa shape index (κ1) is 13.9. The van der Waals surface area contributed by atoms with Crippen LogP contribution < -0.4 is 5.32 Å². The summed E-state index contributed by atoms with van der Waals surface area (Å²) in [6, 6.07) is 6.25. The Balaban J connectivity index is 2.92. The van der Waals surface area contributed by atoms with Gasteiger partial charge in [-0.25, -0.2) is 9.18 Å². The van der Waals surface area contributed by atoms with E-state index in [1.165, 1.54) is 12.1 Å². The van der Waals surface area contributed by atoms with Crippen molar-refractivity contribution < 1.29 is 18.7 Å². The molecule has 0 radical (unpaired) electrons. The van der Waals surface area contributed by atoms with Gasteiger partial charge in [-0.2, -0.15) is 0 Å². The van der Waals surface area contributed by atoms with Crippen LogP contribution in [-0.4, -0.2) is 24.7 Å². The largest absolute Gasteiger partial charge is 0.462 e. The minimum atomic E-state index is -1.82. The Morgan fingerprint density at radius 2 is 2.17 bits per heavy atom. The Hall–Kier alpha value is -2.17. The van der Waals surface area contributed by atoms with Crippen LogP contribution in [0.3, 0.4) is 0 Å². The molecule has 0 saturated heterocycles. The summed E-state index contributed by atoms with van der Waals surface area (Å²) in [7, 11) is 0. The molecule has 0 aliphatic carbocycles. The van der Waals surface area contributed by atoms with Crippen molar-refractivity contribution in [2.75, 3.05) is 11.9 Å². The van der Waals surface area contributed by atoms with Crippen molar-refractivity contribution in [1.82, 2.24) is 0 Å². The number of hydrogen-bond donors (Lipinski definition) is 1. The summed E-state index contributed by atoms with van der Waals surface area (Å²) in [5, 5.41) is 2.31. The number of esters is 1. The lowest BCUT2D eigenvalue weighted by Gasteiger charge is -2.10. The van der Waals surface area contributed by atoms with Gasteiger partial charge in [-0.1, -0.05) is 18.7 Å². The molecule has 0 aliphatic heterocycles. The molecule has 5 heteroatoms. The van der Waals surface area contributed by atoms with Crippen LogP contribution in [0.2, 0.25) is 0 Å². The number of nitrogens with one attached hydrogen (secondary N) is 1. The molecule has 0 fully saturated rings. The summed E-state index contributed by atoms with van der Waals surface area (Å²) in [6.07, 6.45) is -0.942. The molecule has 1 N–H and O–H groups in total. The third-order valence-electron chi connectivity index (χ3n) is 2.14. The van der Waals surface area contributed by atoms with Gasteiger partial charge < -0.3 is 10.1 Å². The number of para-hydroxylation sites is 1. The van der Waals surface area contributed by atoms with Crippen LogP contribution in [0.25, 0.3) is 0 Å². The number of carbonyl (C=O) groups is 2. The molecular formula is C13H14FNO3. The fraction of sp³-hybridized carbons (Fsp3) is 0.231. The van der Waals surface area contributed by atoms with Crippen LogP contribution in [0.15, 0.2) is 36.9 Å². The van der Waals surface area contributed by atoms with Gasteiger partial charge in [0.05, 0.1) is 17.9 Å². The second-order valence-corrected chi connectivity index (χ2v) is 3.39.